The lowest BCUT2D eigenvalue weighted by molar-refractivity contribution is -0.121. The number of carbonyl (C=O) groups is 1. The molecule has 0 aromatic heterocycles. The summed E-state index contributed by atoms with van der Waals surface area (Å²) in [6.45, 7) is 8.09. The van der Waals surface area contributed by atoms with Crippen molar-refractivity contribution in [2.75, 3.05) is 0 Å². The monoisotopic (exact) mass is 142 g/mol. The van der Waals surface area contributed by atoms with Gasteiger partial charge in [-0.05, 0) is 25.7 Å². The van der Waals surface area contributed by atoms with E-state index < -0.39 is 0 Å². The first-order valence-electron chi connectivity index (χ1n) is 4.08. The SMILES string of the molecule is CC[C@H](CC(C)C)C(C)=O. The quantitative estimate of drug-likeness (QED) is 0.589. The Balaban J connectivity index is 3.72. The molecule has 0 saturated heterocycles. The van der Waals surface area contributed by atoms with E-state index in [0.29, 0.717) is 17.6 Å². The van der Waals surface area contributed by atoms with Gasteiger partial charge in [0.25, 0.3) is 0 Å². The van der Waals surface area contributed by atoms with Crippen molar-refractivity contribution in [3.63, 3.8) is 0 Å². The minimum atomic E-state index is 0.306. The van der Waals surface area contributed by atoms with E-state index in [0.717, 1.165) is 12.8 Å². The molecule has 0 fully saturated rings. The summed E-state index contributed by atoms with van der Waals surface area (Å²) in [5.74, 6) is 1.30. The van der Waals surface area contributed by atoms with Gasteiger partial charge in [0.05, 0.1) is 0 Å². The van der Waals surface area contributed by atoms with Crippen LogP contribution in [-0.4, -0.2) is 5.78 Å². The molecule has 0 aromatic rings. The predicted octanol–water partition coefficient (Wildman–Crippen LogP) is 2.65. The average Bonchev–Trinajstić information content (AvgIpc) is 1.81. The number of Topliss-reactive ketones (excluding diaryl/α,β-unsaturated/α-hetero) is 1. The lowest BCUT2D eigenvalue weighted by atomic mass is 9.92. The van der Waals surface area contributed by atoms with Gasteiger partial charge >= 0.3 is 0 Å². The third-order valence-corrected chi connectivity index (χ3v) is 1.82. The van der Waals surface area contributed by atoms with E-state index in [2.05, 4.69) is 20.8 Å². The third kappa shape index (κ3) is 3.65. The predicted molar refractivity (Wildman–Crippen MR) is 43.9 cm³/mol. The van der Waals surface area contributed by atoms with Crippen molar-refractivity contribution in [1.29, 1.82) is 0 Å². The fourth-order valence-corrected chi connectivity index (χ4v) is 1.19. The van der Waals surface area contributed by atoms with Crippen LogP contribution in [0, 0.1) is 11.8 Å². The second kappa shape index (κ2) is 4.48. The van der Waals surface area contributed by atoms with Gasteiger partial charge in [-0.25, -0.2) is 0 Å². The van der Waals surface area contributed by atoms with E-state index in [-0.39, 0.29) is 0 Å². The molecule has 1 atom stereocenters. The molecule has 0 unspecified atom stereocenters. The van der Waals surface area contributed by atoms with E-state index in [1.807, 2.05) is 0 Å². The van der Waals surface area contributed by atoms with Gasteiger partial charge in [-0.2, -0.15) is 0 Å². The van der Waals surface area contributed by atoms with Crippen LogP contribution in [0.4, 0.5) is 0 Å². The standard InChI is InChI=1S/C9H18O/c1-5-9(8(4)10)6-7(2)3/h7,9H,5-6H2,1-4H3/t9-/m1/s1. The average molecular weight is 142 g/mol. The van der Waals surface area contributed by atoms with E-state index in [1.165, 1.54) is 0 Å². The molecule has 0 aliphatic rings. The fraction of sp³-hybridized carbons (Fsp3) is 0.889. The Morgan fingerprint density at radius 1 is 1.40 bits per heavy atom. The topological polar surface area (TPSA) is 17.1 Å². The molecule has 0 N–H and O–H groups in total. The highest BCUT2D eigenvalue weighted by molar-refractivity contribution is 5.78. The van der Waals surface area contributed by atoms with Crippen molar-refractivity contribution in [1.82, 2.24) is 0 Å². The molecule has 0 rings (SSSR count). The van der Waals surface area contributed by atoms with Crippen molar-refractivity contribution in [3.8, 4) is 0 Å². The summed E-state index contributed by atoms with van der Waals surface area (Å²) in [5, 5.41) is 0. The molecule has 1 heteroatoms. The summed E-state index contributed by atoms with van der Waals surface area (Å²) in [4.78, 5) is 10.9. The van der Waals surface area contributed by atoms with Crippen molar-refractivity contribution < 1.29 is 4.79 Å². The highest BCUT2D eigenvalue weighted by atomic mass is 16.1. The minimum Gasteiger partial charge on any atom is -0.300 e. The van der Waals surface area contributed by atoms with Gasteiger partial charge in [-0.1, -0.05) is 20.8 Å². The fourth-order valence-electron chi connectivity index (χ4n) is 1.19. The maximum absolute atomic E-state index is 10.9. The molecule has 0 aromatic carbocycles. The van der Waals surface area contributed by atoms with Crippen molar-refractivity contribution >= 4 is 5.78 Å². The Bertz CT molecular complexity index is 105. The largest absolute Gasteiger partial charge is 0.300 e. The normalized spacial score (nSPS) is 13.7. The summed E-state index contributed by atoms with van der Waals surface area (Å²) in [5.41, 5.74) is 0. The molecule has 0 aliphatic heterocycles. The first-order valence-corrected chi connectivity index (χ1v) is 4.08. The number of carbonyl (C=O) groups excluding carboxylic acids is 1. The maximum atomic E-state index is 10.9. The molecule has 1 nitrogen and oxygen atoms in total. The lowest BCUT2D eigenvalue weighted by Gasteiger charge is -2.12. The number of hydrogen-bond acceptors (Lipinski definition) is 1. The van der Waals surface area contributed by atoms with Crippen molar-refractivity contribution in [2.24, 2.45) is 11.8 Å². The van der Waals surface area contributed by atoms with Crippen LogP contribution >= 0.6 is 0 Å². The Kier molecular flexibility index (Phi) is 4.33. The zero-order valence-corrected chi connectivity index (χ0v) is 7.48. The molecular weight excluding hydrogens is 124 g/mol. The molecule has 10 heavy (non-hydrogen) atoms. The molecule has 0 bridgehead atoms. The Morgan fingerprint density at radius 2 is 1.90 bits per heavy atom. The second-order valence-corrected chi connectivity index (χ2v) is 3.35. The zero-order valence-electron chi connectivity index (χ0n) is 7.48. The second-order valence-electron chi connectivity index (χ2n) is 3.35. The molecule has 60 valence electrons. The Labute approximate surface area is 63.8 Å². The minimum absolute atomic E-state index is 0.306. The number of rotatable bonds is 4. The zero-order chi connectivity index (χ0) is 8.15. The van der Waals surface area contributed by atoms with Crippen LogP contribution < -0.4 is 0 Å². The van der Waals surface area contributed by atoms with Gasteiger partial charge in [0.15, 0.2) is 0 Å². The van der Waals surface area contributed by atoms with Crippen LogP contribution in [0.3, 0.4) is 0 Å². The summed E-state index contributed by atoms with van der Waals surface area (Å²) in [6, 6.07) is 0. The van der Waals surface area contributed by atoms with E-state index >= 15 is 0 Å². The van der Waals surface area contributed by atoms with Gasteiger partial charge < -0.3 is 0 Å². The van der Waals surface area contributed by atoms with Crippen LogP contribution in [0.1, 0.15) is 40.5 Å². The molecule has 0 radical (unpaired) electrons. The summed E-state index contributed by atoms with van der Waals surface area (Å²) >= 11 is 0. The molecule has 0 amide bonds. The first kappa shape index (κ1) is 9.67. The van der Waals surface area contributed by atoms with Crippen LogP contribution in [-0.2, 0) is 4.79 Å². The first-order chi connectivity index (χ1) is 4.57. The number of ketones is 1. The van der Waals surface area contributed by atoms with Crippen LogP contribution in [0.2, 0.25) is 0 Å². The van der Waals surface area contributed by atoms with Crippen LogP contribution in [0.5, 0.6) is 0 Å². The molecule has 0 spiro atoms. The van der Waals surface area contributed by atoms with Gasteiger partial charge in [0.2, 0.25) is 0 Å². The highest BCUT2D eigenvalue weighted by Gasteiger charge is 2.12. The maximum Gasteiger partial charge on any atom is 0.132 e. The Hall–Kier alpha value is -0.330. The third-order valence-electron chi connectivity index (χ3n) is 1.82. The summed E-state index contributed by atoms with van der Waals surface area (Å²) in [7, 11) is 0. The van der Waals surface area contributed by atoms with Gasteiger partial charge in [0.1, 0.15) is 5.78 Å². The Morgan fingerprint density at radius 3 is 2.00 bits per heavy atom. The molecule has 0 aliphatic carbocycles. The molecular formula is C9H18O. The number of hydrogen-bond donors (Lipinski definition) is 0. The molecule has 0 saturated carbocycles. The lowest BCUT2D eigenvalue weighted by Crippen LogP contribution is -2.12. The highest BCUT2D eigenvalue weighted by Crippen LogP contribution is 2.15. The van der Waals surface area contributed by atoms with Crippen LogP contribution in [0.15, 0.2) is 0 Å². The molecule has 0 heterocycles. The van der Waals surface area contributed by atoms with E-state index in [1.54, 1.807) is 6.92 Å². The van der Waals surface area contributed by atoms with Gasteiger partial charge in [-0.15, -0.1) is 0 Å². The van der Waals surface area contributed by atoms with Crippen molar-refractivity contribution in [2.45, 2.75) is 40.5 Å². The van der Waals surface area contributed by atoms with E-state index in [4.69, 9.17) is 0 Å². The van der Waals surface area contributed by atoms with Gasteiger partial charge in [0, 0.05) is 5.92 Å². The van der Waals surface area contributed by atoms with Gasteiger partial charge in [-0.3, -0.25) is 4.79 Å². The van der Waals surface area contributed by atoms with Crippen molar-refractivity contribution in [3.05, 3.63) is 0 Å². The smallest absolute Gasteiger partial charge is 0.132 e. The van der Waals surface area contributed by atoms with E-state index in [9.17, 15) is 4.79 Å². The van der Waals surface area contributed by atoms with Crippen LogP contribution in [0.25, 0.3) is 0 Å². The summed E-state index contributed by atoms with van der Waals surface area (Å²) < 4.78 is 0. The summed E-state index contributed by atoms with van der Waals surface area (Å²) in [6.07, 6.45) is 2.04.